The molecule has 0 fully saturated rings. The highest BCUT2D eigenvalue weighted by Crippen LogP contribution is 2.19. The minimum Gasteiger partial charge on any atom is -0.755 e. The SMILES string of the molecule is O=S([O-])Nc1ccc2c(c1)C=CNC=C2. The summed E-state index contributed by atoms with van der Waals surface area (Å²) in [6.07, 6.45) is 7.42. The van der Waals surface area contributed by atoms with Gasteiger partial charge in [0.2, 0.25) is 0 Å². The van der Waals surface area contributed by atoms with E-state index >= 15 is 0 Å². The zero-order valence-electron chi connectivity index (χ0n) is 7.77. The molecule has 0 aliphatic carbocycles. The third kappa shape index (κ3) is 2.45. The fraction of sp³-hybridized carbons (Fsp3) is 0. The average Bonchev–Trinajstić information content (AvgIpc) is 2.41. The molecule has 1 heterocycles. The van der Waals surface area contributed by atoms with E-state index in [4.69, 9.17) is 0 Å². The summed E-state index contributed by atoms with van der Waals surface area (Å²) in [7, 11) is 0. The van der Waals surface area contributed by atoms with Crippen LogP contribution in [0.1, 0.15) is 11.1 Å². The van der Waals surface area contributed by atoms with Crippen LogP contribution in [0.4, 0.5) is 5.69 Å². The molecule has 5 heteroatoms. The number of rotatable bonds is 2. The second-order valence-electron chi connectivity index (χ2n) is 3.01. The molecule has 15 heavy (non-hydrogen) atoms. The van der Waals surface area contributed by atoms with Crippen LogP contribution in [0.2, 0.25) is 0 Å². The molecule has 1 aliphatic rings. The Labute approximate surface area is 90.1 Å². The molecule has 0 spiro atoms. The molecule has 0 aromatic heterocycles. The van der Waals surface area contributed by atoms with Crippen molar-refractivity contribution >= 4 is 29.1 Å². The molecule has 1 aliphatic heterocycles. The van der Waals surface area contributed by atoms with E-state index in [2.05, 4.69) is 10.0 Å². The van der Waals surface area contributed by atoms with Crippen molar-refractivity contribution in [2.45, 2.75) is 0 Å². The standard InChI is InChI=1S/C10H10N2O2S/c13-15(14)12-10-2-1-8-3-5-11-6-4-9(8)7-10/h1-7,11-12H,(H,13,14)/p-1. The number of fused-ring (bicyclic) bond motifs is 1. The van der Waals surface area contributed by atoms with Crippen molar-refractivity contribution in [2.24, 2.45) is 0 Å². The Hall–Kier alpha value is -1.59. The highest BCUT2D eigenvalue weighted by Gasteiger charge is 2.00. The molecule has 2 rings (SSSR count). The van der Waals surface area contributed by atoms with E-state index in [0.29, 0.717) is 5.69 Å². The summed E-state index contributed by atoms with van der Waals surface area (Å²) in [5.74, 6) is 0. The highest BCUT2D eigenvalue weighted by molar-refractivity contribution is 7.80. The van der Waals surface area contributed by atoms with Gasteiger partial charge in [0.05, 0.1) is 0 Å². The monoisotopic (exact) mass is 221 g/mol. The zero-order valence-corrected chi connectivity index (χ0v) is 8.58. The van der Waals surface area contributed by atoms with Crippen molar-refractivity contribution in [3.8, 4) is 0 Å². The van der Waals surface area contributed by atoms with Crippen LogP contribution in [-0.2, 0) is 11.3 Å². The molecule has 0 saturated carbocycles. The van der Waals surface area contributed by atoms with Crippen molar-refractivity contribution in [3.05, 3.63) is 41.7 Å². The second kappa shape index (κ2) is 4.29. The molecular formula is C10H9N2O2S-. The van der Waals surface area contributed by atoms with E-state index in [1.54, 1.807) is 18.3 Å². The van der Waals surface area contributed by atoms with Gasteiger partial charge in [0, 0.05) is 29.4 Å². The maximum atomic E-state index is 10.4. The van der Waals surface area contributed by atoms with E-state index in [1.165, 1.54) is 0 Å². The highest BCUT2D eigenvalue weighted by atomic mass is 32.2. The summed E-state index contributed by atoms with van der Waals surface area (Å²) in [4.78, 5) is 0. The molecule has 2 N–H and O–H groups in total. The Morgan fingerprint density at radius 3 is 2.67 bits per heavy atom. The summed E-state index contributed by atoms with van der Waals surface area (Å²) >= 11 is -2.28. The Balaban J connectivity index is 2.36. The Kier molecular flexibility index (Phi) is 2.84. The van der Waals surface area contributed by atoms with Crippen LogP contribution in [-0.4, -0.2) is 8.76 Å². The van der Waals surface area contributed by atoms with Gasteiger partial charge < -0.3 is 14.6 Å². The topological polar surface area (TPSA) is 64.2 Å². The molecular weight excluding hydrogens is 212 g/mol. The lowest BCUT2D eigenvalue weighted by Crippen LogP contribution is -2.02. The van der Waals surface area contributed by atoms with Crippen LogP contribution < -0.4 is 10.0 Å². The summed E-state index contributed by atoms with van der Waals surface area (Å²) in [6, 6.07) is 5.36. The van der Waals surface area contributed by atoms with Crippen LogP contribution in [0.3, 0.4) is 0 Å². The van der Waals surface area contributed by atoms with Crippen LogP contribution in [0.15, 0.2) is 30.6 Å². The van der Waals surface area contributed by atoms with Gasteiger partial charge in [-0.3, -0.25) is 4.21 Å². The van der Waals surface area contributed by atoms with Crippen LogP contribution >= 0.6 is 0 Å². The Morgan fingerprint density at radius 1 is 1.20 bits per heavy atom. The van der Waals surface area contributed by atoms with Crippen molar-refractivity contribution in [1.82, 2.24) is 5.32 Å². The lowest BCUT2D eigenvalue weighted by Gasteiger charge is -2.10. The Bertz CT molecular complexity index is 455. The van der Waals surface area contributed by atoms with Gasteiger partial charge in [0.25, 0.3) is 0 Å². The van der Waals surface area contributed by atoms with Gasteiger partial charge in [-0.05, 0) is 35.4 Å². The minimum absolute atomic E-state index is 0.557. The summed E-state index contributed by atoms with van der Waals surface area (Å²) in [5, 5.41) is 2.95. The third-order valence-electron chi connectivity index (χ3n) is 2.01. The lowest BCUT2D eigenvalue weighted by atomic mass is 10.1. The molecule has 78 valence electrons. The smallest absolute Gasteiger partial charge is 0.0458 e. The average molecular weight is 221 g/mol. The largest absolute Gasteiger partial charge is 0.755 e. The minimum atomic E-state index is -2.28. The van der Waals surface area contributed by atoms with Gasteiger partial charge in [-0.2, -0.15) is 0 Å². The van der Waals surface area contributed by atoms with E-state index in [0.717, 1.165) is 11.1 Å². The summed E-state index contributed by atoms with van der Waals surface area (Å²) in [5.41, 5.74) is 2.56. The number of anilines is 1. The first-order chi connectivity index (χ1) is 7.25. The van der Waals surface area contributed by atoms with Crippen LogP contribution in [0.5, 0.6) is 0 Å². The van der Waals surface area contributed by atoms with E-state index in [-0.39, 0.29) is 0 Å². The number of benzene rings is 1. The maximum absolute atomic E-state index is 10.4. The molecule has 0 saturated heterocycles. The van der Waals surface area contributed by atoms with E-state index in [1.807, 2.05) is 24.4 Å². The number of hydrogen-bond donors (Lipinski definition) is 2. The van der Waals surface area contributed by atoms with Crippen molar-refractivity contribution in [2.75, 3.05) is 4.72 Å². The molecule has 1 aromatic rings. The van der Waals surface area contributed by atoms with E-state index in [9.17, 15) is 8.76 Å². The van der Waals surface area contributed by atoms with Gasteiger partial charge in [-0.15, -0.1) is 0 Å². The van der Waals surface area contributed by atoms with Crippen molar-refractivity contribution in [1.29, 1.82) is 0 Å². The predicted molar refractivity (Wildman–Crippen MR) is 60.2 cm³/mol. The number of nitrogens with one attached hydrogen (secondary N) is 2. The van der Waals surface area contributed by atoms with Gasteiger partial charge >= 0.3 is 0 Å². The zero-order chi connectivity index (χ0) is 10.7. The molecule has 1 unspecified atom stereocenters. The first-order valence-corrected chi connectivity index (χ1v) is 5.42. The fourth-order valence-electron chi connectivity index (χ4n) is 1.36. The Morgan fingerprint density at radius 2 is 1.93 bits per heavy atom. The lowest BCUT2D eigenvalue weighted by molar-refractivity contribution is 0.542. The second-order valence-corrected chi connectivity index (χ2v) is 3.69. The quantitative estimate of drug-likeness (QED) is 0.743. The van der Waals surface area contributed by atoms with Gasteiger partial charge in [-0.1, -0.05) is 6.07 Å². The van der Waals surface area contributed by atoms with Crippen molar-refractivity contribution in [3.63, 3.8) is 0 Å². The molecule has 4 nitrogen and oxygen atoms in total. The molecule has 1 aromatic carbocycles. The van der Waals surface area contributed by atoms with Crippen LogP contribution in [0.25, 0.3) is 12.2 Å². The van der Waals surface area contributed by atoms with E-state index < -0.39 is 11.3 Å². The molecule has 0 radical (unpaired) electrons. The number of hydrogen-bond acceptors (Lipinski definition) is 3. The third-order valence-corrected chi connectivity index (χ3v) is 2.41. The van der Waals surface area contributed by atoms with Crippen LogP contribution in [0, 0.1) is 0 Å². The van der Waals surface area contributed by atoms with Gasteiger partial charge in [0.15, 0.2) is 0 Å². The molecule has 1 atom stereocenters. The molecule has 0 amide bonds. The van der Waals surface area contributed by atoms with Gasteiger partial charge in [-0.25, -0.2) is 0 Å². The normalized spacial score (nSPS) is 15.0. The fourth-order valence-corrected chi connectivity index (χ4v) is 1.68. The predicted octanol–water partition coefficient (Wildman–Crippen LogP) is 1.44. The van der Waals surface area contributed by atoms with Crippen molar-refractivity contribution < 1.29 is 8.76 Å². The maximum Gasteiger partial charge on any atom is 0.0458 e. The summed E-state index contributed by atoms with van der Waals surface area (Å²) in [6.45, 7) is 0. The first-order valence-electron chi connectivity index (χ1n) is 4.35. The summed E-state index contributed by atoms with van der Waals surface area (Å²) < 4.78 is 23.2. The molecule has 0 bridgehead atoms. The van der Waals surface area contributed by atoms with Gasteiger partial charge in [0.1, 0.15) is 0 Å². The first kappa shape index (κ1) is 9.95.